The van der Waals surface area contributed by atoms with Crippen molar-refractivity contribution in [3.8, 4) is 0 Å². The first-order valence-corrected chi connectivity index (χ1v) is 10.0. The van der Waals surface area contributed by atoms with E-state index in [-0.39, 0.29) is 11.5 Å². The van der Waals surface area contributed by atoms with Crippen LogP contribution in [0.15, 0.2) is 40.6 Å². The molecule has 1 fully saturated rings. The van der Waals surface area contributed by atoms with Crippen LogP contribution in [0.4, 0.5) is 0 Å². The van der Waals surface area contributed by atoms with Gasteiger partial charge in [-0.1, -0.05) is 24.3 Å². The van der Waals surface area contributed by atoms with Gasteiger partial charge in [-0.15, -0.1) is 0 Å². The lowest BCUT2D eigenvalue weighted by molar-refractivity contribution is -0.128. The van der Waals surface area contributed by atoms with E-state index < -0.39 is 17.2 Å². The van der Waals surface area contributed by atoms with Gasteiger partial charge in [-0.3, -0.25) is 14.6 Å². The molecule has 1 aromatic carbocycles. The highest BCUT2D eigenvalue weighted by molar-refractivity contribution is 6.31. The minimum absolute atomic E-state index is 0.00748. The normalized spacial score (nSPS) is 19.2. The third kappa shape index (κ3) is 4.11. The summed E-state index contributed by atoms with van der Waals surface area (Å²) in [5.41, 5.74) is 1.85. The monoisotopic (exact) mass is 383 g/mol. The van der Waals surface area contributed by atoms with Gasteiger partial charge in [0.2, 0.25) is 0 Å². The molecule has 6 nitrogen and oxygen atoms in total. The van der Waals surface area contributed by atoms with Crippen LogP contribution in [0.1, 0.15) is 51.2 Å². The zero-order valence-electron chi connectivity index (χ0n) is 16.9. The lowest BCUT2D eigenvalue weighted by Crippen LogP contribution is -2.42. The summed E-state index contributed by atoms with van der Waals surface area (Å²) in [5.74, 6) is -1.52. The van der Waals surface area contributed by atoms with Gasteiger partial charge < -0.3 is 15.3 Å². The number of likely N-dealkylation sites (N-methyl/N-ethyl adjacent to an activating group) is 1. The van der Waals surface area contributed by atoms with Gasteiger partial charge in [0, 0.05) is 25.2 Å². The van der Waals surface area contributed by atoms with Crippen LogP contribution in [-0.2, 0) is 16.0 Å². The molecule has 0 radical (unpaired) electrons. The maximum Gasteiger partial charge on any atom is 0.287 e. The summed E-state index contributed by atoms with van der Waals surface area (Å²) in [7, 11) is 0. The SMILES string of the molecule is CCNC(=O)/C(O)=C(\C(=O)N1CCCCC1)C1=NC(C)(C)Cc2ccccc21. The molecule has 0 saturated carbocycles. The second kappa shape index (κ2) is 8.17. The van der Waals surface area contributed by atoms with Gasteiger partial charge in [0.15, 0.2) is 5.76 Å². The van der Waals surface area contributed by atoms with Crippen LogP contribution in [-0.4, -0.2) is 52.7 Å². The number of nitrogens with zero attached hydrogens (tertiary/aromatic N) is 2. The summed E-state index contributed by atoms with van der Waals surface area (Å²) in [6.45, 7) is 7.38. The van der Waals surface area contributed by atoms with Crippen LogP contribution in [0.25, 0.3) is 0 Å². The molecule has 2 aliphatic rings. The number of carbonyl (C=O) groups is 2. The van der Waals surface area contributed by atoms with E-state index in [0.717, 1.165) is 36.8 Å². The molecule has 2 aliphatic heterocycles. The summed E-state index contributed by atoms with van der Waals surface area (Å²) in [5, 5.41) is 13.4. The van der Waals surface area contributed by atoms with E-state index in [9.17, 15) is 14.7 Å². The Hall–Kier alpha value is -2.63. The zero-order valence-corrected chi connectivity index (χ0v) is 16.9. The van der Waals surface area contributed by atoms with Crippen LogP contribution in [0.3, 0.4) is 0 Å². The maximum atomic E-state index is 13.4. The van der Waals surface area contributed by atoms with Crippen molar-refractivity contribution in [1.29, 1.82) is 0 Å². The molecule has 0 aromatic heterocycles. The molecule has 0 spiro atoms. The van der Waals surface area contributed by atoms with Crippen molar-refractivity contribution in [2.75, 3.05) is 19.6 Å². The Morgan fingerprint density at radius 2 is 1.86 bits per heavy atom. The second-order valence-electron chi connectivity index (χ2n) is 8.04. The molecular formula is C22H29N3O3. The highest BCUT2D eigenvalue weighted by Crippen LogP contribution is 2.31. The van der Waals surface area contributed by atoms with Crippen molar-refractivity contribution in [1.82, 2.24) is 10.2 Å². The Kier molecular flexibility index (Phi) is 5.87. The summed E-state index contributed by atoms with van der Waals surface area (Å²) in [6.07, 6.45) is 3.67. The third-order valence-electron chi connectivity index (χ3n) is 5.19. The molecule has 150 valence electrons. The number of likely N-dealkylation sites (tertiary alicyclic amines) is 1. The minimum atomic E-state index is -0.647. The number of fused-ring (bicyclic) bond motifs is 1. The highest BCUT2D eigenvalue weighted by Gasteiger charge is 2.35. The summed E-state index contributed by atoms with van der Waals surface area (Å²) in [6, 6.07) is 7.76. The molecule has 2 heterocycles. The van der Waals surface area contributed by atoms with Gasteiger partial charge in [0.25, 0.3) is 11.8 Å². The number of piperidine rings is 1. The van der Waals surface area contributed by atoms with Gasteiger partial charge in [-0.05, 0) is 52.0 Å². The molecule has 2 N–H and O–H groups in total. The van der Waals surface area contributed by atoms with E-state index in [1.165, 1.54) is 0 Å². The highest BCUT2D eigenvalue weighted by atomic mass is 16.3. The number of rotatable bonds is 4. The quantitative estimate of drug-likeness (QED) is 0.620. The third-order valence-corrected chi connectivity index (χ3v) is 5.19. The van der Waals surface area contributed by atoms with Crippen molar-refractivity contribution in [2.45, 2.75) is 52.0 Å². The Balaban J connectivity index is 2.15. The molecule has 0 bridgehead atoms. The molecule has 1 aromatic rings. The van der Waals surface area contributed by atoms with Crippen LogP contribution < -0.4 is 5.32 Å². The average molecular weight is 383 g/mol. The fraction of sp³-hybridized carbons (Fsp3) is 0.500. The Morgan fingerprint density at radius 1 is 1.18 bits per heavy atom. The number of amides is 2. The van der Waals surface area contributed by atoms with E-state index in [0.29, 0.717) is 25.3 Å². The van der Waals surface area contributed by atoms with Crippen molar-refractivity contribution in [3.63, 3.8) is 0 Å². The zero-order chi connectivity index (χ0) is 20.3. The van der Waals surface area contributed by atoms with Crippen molar-refractivity contribution >= 4 is 17.5 Å². The predicted octanol–water partition coefficient (Wildman–Crippen LogP) is 2.77. The van der Waals surface area contributed by atoms with E-state index in [1.807, 2.05) is 38.1 Å². The molecule has 0 aliphatic carbocycles. The molecular weight excluding hydrogens is 354 g/mol. The number of aliphatic hydroxyl groups is 1. The Labute approximate surface area is 166 Å². The lowest BCUT2D eigenvalue weighted by atomic mass is 9.84. The van der Waals surface area contributed by atoms with Crippen LogP contribution in [0, 0.1) is 0 Å². The number of aliphatic hydroxyl groups excluding tert-OH is 1. The van der Waals surface area contributed by atoms with Gasteiger partial charge in [0.1, 0.15) is 5.57 Å². The number of carbonyl (C=O) groups excluding carboxylic acids is 2. The molecule has 2 amide bonds. The summed E-state index contributed by atoms with van der Waals surface area (Å²) < 4.78 is 0. The Morgan fingerprint density at radius 3 is 2.54 bits per heavy atom. The molecule has 1 saturated heterocycles. The maximum absolute atomic E-state index is 13.4. The molecule has 6 heteroatoms. The van der Waals surface area contributed by atoms with Crippen LogP contribution in [0.5, 0.6) is 0 Å². The first kappa shape index (κ1) is 20.1. The summed E-state index contributed by atoms with van der Waals surface area (Å²) >= 11 is 0. The first-order valence-electron chi connectivity index (χ1n) is 10.0. The molecule has 0 unspecified atom stereocenters. The van der Waals surface area contributed by atoms with E-state index in [2.05, 4.69) is 5.32 Å². The fourth-order valence-corrected chi connectivity index (χ4v) is 3.89. The van der Waals surface area contributed by atoms with Crippen molar-refractivity contribution in [3.05, 3.63) is 46.7 Å². The molecule has 28 heavy (non-hydrogen) atoms. The summed E-state index contributed by atoms with van der Waals surface area (Å²) in [4.78, 5) is 32.4. The standard InChI is InChI=1S/C22H29N3O3/c1-4-23-20(27)19(26)17(21(28)25-12-8-5-9-13-25)18-16-11-7-6-10-15(16)14-22(2,3)24-18/h6-7,10-11,26H,4-5,8-9,12-14H2,1-3H3,(H,23,27)/b19-17+. The van der Waals surface area contributed by atoms with Gasteiger partial charge in [-0.25, -0.2) is 0 Å². The van der Waals surface area contributed by atoms with Crippen molar-refractivity contribution in [2.24, 2.45) is 4.99 Å². The van der Waals surface area contributed by atoms with E-state index in [4.69, 9.17) is 4.99 Å². The van der Waals surface area contributed by atoms with Crippen LogP contribution in [0.2, 0.25) is 0 Å². The first-order chi connectivity index (χ1) is 13.3. The van der Waals surface area contributed by atoms with Crippen LogP contribution >= 0.6 is 0 Å². The topological polar surface area (TPSA) is 82.0 Å². The second-order valence-corrected chi connectivity index (χ2v) is 8.04. The lowest BCUT2D eigenvalue weighted by Gasteiger charge is -2.32. The van der Waals surface area contributed by atoms with E-state index in [1.54, 1.807) is 11.8 Å². The molecule has 0 atom stereocenters. The number of hydrogen-bond donors (Lipinski definition) is 2. The van der Waals surface area contributed by atoms with Gasteiger partial charge >= 0.3 is 0 Å². The number of nitrogens with one attached hydrogen (secondary N) is 1. The number of aliphatic imine (C=N–C) groups is 1. The largest absolute Gasteiger partial charge is 0.502 e. The predicted molar refractivity (Wildman–Crippen MR) is 110 cm³/mol. The Bertz CT molecular complexity index is 833. The number of hydrogen-bond acceptors (Lipinski definition) is 4. The van der Waals surface area contributed by atoms with Crippen molar-refractivity contribution < 1.29 is 14.7 Å². The molecule has 3 rings (SSSR count). The van der Waals surface area contributed by atoms with Gasteiger partial charge in [-0.2, -0.15) is 0 Å². The van der Waals surface area contributed by atoms with E-state index >= 15 is 0 Å². The smallest absolute Gasteiger partial charge is 0.287 e. The van der Waals surface area contributed by atoms with Gasteiger partial charge in [0.05, 0.1) is 11.3 Å². The minimum Gasteiger partial charge on any atom is -0.502 e. The fourth-order valence-electron chi connectivity index (χ4n) is 3.89. The average Bonchev–Trinajstić information content (AvgIpc) is 2.68. The number of benzene rings is 1.